The molecule has 1 fully saturated rings. The summed E-state index contributed by atoms with van der Waals surface area (Å²) in [5.74, 6) is 0.985. The minimum atomic E-state index is 0.0147. The van der Waals surface area contributed by atoms with Crippen molar-refractivity contribution in [2.45, 2.75) is 25.3 Å². The van der Waals surface area contributed by atoms with Gasteiger partial charge < -0.3 is 15.4 Å². The zero-order valence-electron chi connectivity index (χ0n) is 10.7. The molecule has 1 atom stereocenters. The third kappa shape index (κ3) is 3.47. The van der Waals surface area contributed by atoms with Gasteiger partial charge in [-0.3, -0.25) is 4.79 Å². The summed E-state index contributed by atoms with van der Waals surface area (Å²) < 4.78 is 5.10. The van der Waals surface area contributed by atoms with Crippen molar-refractivity contribution < 1.29 is 9.53 Å². The molecule has 0 aromatic heterocycles. The molecule has 4 heteroatoms. The van der Waals surface area contributed by atoms with Crippen LogP contribution in [0.4, 0.5) is 0 Å². The molecule has 0 bridgehead atoms. The molecule has 2 rings (SSSR count). The van der Waals surface area contributed by atoms with Crippen molar-refractivity contribution in [3.05, 3.63) is 29.8 Å². The Labute approximate surface area is 108 Å². The molecular weight excluding hydrogens is 228 g/mol. The fourth-order valence-electron chi connectivity index (χ4n) is 2.15. The highest BCUT2D eigenvalue weighted by Gasteiger charge is 2.21. The fourth-order valence-corrected chi connectivity index (χ4v) is 2.15. The molecular formula is C14H20N2O2. The second-order valence-electron chi connectivity index (χ2n) is 4.54. The minimum Gasteiger partial charge on any atom is -0.497 e. The largest absolute Gasteiger partial charge is 0.497 e. The maximum atomic E-state index is 11.7. The molecule has 0 radical (unpaired) electrons. The second kappa shape index (κ2) is 6.40. The van der Waals surface area contributed by atoms with Gasteiger partial charge >= 0.3 is 0 Å². The van der Waals surface area contributed by atoms with Gasteiger partial charge in [0.05, 0.1) is 13.2 Å². The van der Waals surface area contributed by atoms with E-state index in [-0.39, 0.29) is 11.9 Å². The second-order valence-corrected chi connectivity index (χ2v) is 4.54. The van der Waals surface area contributed by atoms with Crippen molar-refractivity contribution in [1.29, 1.82) is 0 Å². The van der Waals surface area contributed by atoms with Crippen molar-refractivity contribution >= 4 is 5.91 Å². The van der Waals surface area contributed by atoms with E-state index in [4.69, 9.17) is 4.74 Å². The lowest BCUT2D eigenvalue weighted by Crippen LogP contribution is -2.41. The van der Waals surface area contributed by atoms with Crippen molar-refractivity contribution in [1.82, 2.24) is 10.6 Å². The zero-order valence-corrected chi connectivity index (χ0v) is 10.7. The topological polar surface area (TPSA) is 50.4 Å². The van der Waals surface area contributed by atoms with Gasteiger partial charge in [-0.2, -0.15) is 0 Å². The number of amides is 1. The quantitative estimate of drug-likeness (QED) is 0.820. The Balaban J connectivity index is 1.72. The average Bonchev–Trinajstić information content (AvgIpc) is 2.93. The van der Waals surface area contributed by atoms with Crippen LogP contribution in [-0.4, -0.2) is 32.1 Å². The third-order valence-electron chi connectivity index (χ3n) is 3.25. The van der Waals surface area contributed by atoms with E-state index in [0.717, 1.165) is 31.6 Å². The molecule has 18 heavy (non-hydrogen) atoms. The maximum Gasteiger partial charge on any atom is 0.237 e. The maximum absolute atomic E-state index is 11.7. The molecule has 2 N–H and O–H groups in total. The molecule has 1 aliphatic heterocycles. The van der Waals surface area contributed by atoms with Crippen molar-refractivity contribution in [2.24, 2.45) is 0 Å². The number of hydrogen-bond donors (Lipinski definition) is 2. The van der Waals surface area contributed by atoms with Crippen LogP contribution in [0.3, 0.4) is 0 Å². The smallest absolute Gasteiger partial charge is 0.237 e. The molecule has 1 aromatic rings. The molecule has 0 spiro atoms. The molecule has 1 saturated heterocycles. The van der Waals surface area contributed by atoms with E-state index in [2.05, 4.69) is 10.6 Å². The van der Waals surface area contributed by atoms with Crippen LogP contribution in [0.15, 0.2) is 24.3 Å². The lowest BCUT2D eigenvalue weighted by atomic mass is 10.1. The Hall–Kier alpha value is -1.55. The van der Waals surface area contributed by atoms with E-state index in [9.17, 15) is 4.79 Å². The molecule has 0 unspecified atom stereocenters. The number of carbonyl (C=O) groups is 1. The van der Waals surface area contributed by atoms with Crippen molar-refractivity contribution in [3.63, 3.8) is 0 Å². The summed E-state index contributed by atoms with van der Waals surface area (Å²) in [7, 11) is 1.66. The van der Waals surface area contributed by atoms with Gasteiger partial charge in [0.15, 0.2) is 0 Å². The first-order valence-corrected chi connectivity index (χ1v) is 6.43. The first-order valence-electron chi connectivity index (χ1n) is 6.43. The summed E-state index contributed by atoms with van der Waals surface area (Å²) in [5, 5.41) is 6.16. The van der Waals surface area contributed by atoms with E-state index in [1.807, 2.05) is 24.3 Å². The molecule has 0 saturated carbocycles. The monoisotopic (exact) mass is 248 g/mol. The Kier molecular flexibility index (Phi) is 4.59. The number of hydrogen-bond acceptors (Lipinski definition) is 3. The number of ether oxygens (including phenoxy) is 1. The molecule has 1 amide bonds. The Bertz CT molecular complexity index is 383. The molecule has 1 heterocycles. The van der Waals surface area contributed by atoms with Crippen LogP contribution in [0.5, 0.6) is 5.75 Å². The average molecular weight is 248 g/mol. The predicted octanol–water partition coefficient (Wildman–Crippen LogP) is 1.11. The molecule has 1 aliphatic rings. The third-order valence-corrected chi connectivity index (χ3v) is 3.25. The summed E-state index contributed by atoms with van der Waals surface area (Å²) >= 11 is 0. The van der Waals surface area contributed by atoms with Gasteiger partial charge in [-0.05, 0) is 43.5 Å². The minimum absolute atomic E-state index is 0.0147. The first-order chi connectivity index (χ1) is 8.79. The van der Waals surface area contributed by atoms with Crippen LogP contribution in [0.1, 0.15) is 18.4 Å². The normalized spacial score (nSPS) is 18.6. The number of carbonyl (C=O) groups excluding carboxylic acids is 1. The van der Waals surface area contributed by atoms with Crippen molar-refractivity contribution in [2.75, 3.05) is 20.2 Å². The van der Waals surface area contributed by atoms with E-state index in [0.29, 0.717) is 6.54 Å². The Morgan fingerprint density at radius 1 is 1.44 bits per heavy atom. The van der Waals surface area contributed by atoms with E-state index < -0.39 is 0 Å². The van der Waals surface area contributed by atoms with E-state index in [1.165, 1.54) is 5.56 Å². The van der Waals surface area contributed by atoms with Gasteiger partial charge in [0.25, 0.3) is 0 Å². The lowest BCUT2D eigenvalue weighted by molar-refractivity contribution is -0.122. The highest BCUT2D eigenvalue weighted by molar-refractivity contribution is 5.81. The van der Waals surface area contributed by atoms with Crippen LogP contribution < -0.4 is 15.4 Å². The van der Waals surface area contributed by atoms with Crippen LogP contribution >= 0.6 is 0 Å². The van der Waals surface area contributed by atoms with Gasteiger partial charge in [0, 0.05) is 6.54 Å². The summed E-state index contributed by atoms with van der Waals surface area (Å²) in [6, 6.07) is 7.95. The van der Waals surface area contributed by atoms with Gasteiger partial charge in [-0.15, -0.1) is 0 Å². The van der Waals surface area contributed by atoms with E-state index in [1.54, 1.807) is 7.11 Å². The summed E-state index contributed by atoms with van der Waals surface area (Å²) in [4.78, 5) is 11.7. The van der Waals surface area contributed by atoms with Crippen LogP contribution in [0, 0.1) is 0 Å². The number of rotatable bonds is 5. The highest BCUT2D eigenvalue weighted by Crippen LogP contribution is 2.11. The van der Waals surface area contributed by atoms with Crippen LogP contribution in [0.2, 0.25) is 0 Å². The van der Waals surface area contributed by atoms with Gasteiger partial charge in [-0.25, -0.2) is 0 Å². The summed E-state index contributed by atoms with van der Waals surface area (Å²) in [6.07, 6.45) is 2.90. The van der Waals surface area contributed by atoms with Crippen LogP contribution in [0.25, 0.3) is 0 Å². The molecule has 0 aliphatic carbocycles. The highest BCUT2D eigenvalue weighted by atomic mass is 16.5. The van der Waals surface area contributed by atoms with Gasteiger partial charge in [0.2, 0.25) is 5.91 Å². The number of nitrogens with one attached hydrogen (secondary N) is 2. The fraction of sp³-hybridized carbons (Fsp3) is 0.500. The SMILES string of the molecule is COc1ccc(CCNC(=O)[C@@H]2CCCN2)cc1. The zero-order chi connectivity index (χ0) is 12.8. The van der Waals surface area contributed by atoms with Gasteiger partial charge in [0.1, 0.15) is 5.75 Å². The van der Waals surface area contributed by atoms with Crippen molar-refractivity contribution in [3.8, 4) is 5.75 Å². The summed E-state index contributed by atoms with van der Waals surface area (Å²) in [5.41, 5.74) is 1.20. The molecule has 1 aromatic carbocycles. The summed E-state index contributed by atoms with van der Waals surface area (Å²) in [6.45, 7) is 1.64. The van der Waals surface area contributed by atoms with Gasteiger partial charge in [-0.1, -0.05) is 12.1 Å². The lowest BCUT2D eigenvalue weighted by Gasteiger charge is -2.11. The van der Waals surface area contributed by atoms with Crippen LogP contribution in [-0.2, 0) is 11.2 Å². The molecule has 4 nitrogen and oxygen atoms in total. The first kappa shape index (κ1) is 12.9. The Morgan fingerprint density at radius 2 is 2.22 bits per heavy atom. The molecule has 98 valence electrons. The standard InChI is InChI=1S/C14H20N2O2/c1-18-12-6-4-11(5-7-12)8-10-16-14(17)13-3-2-9-15-13/h4-7,13,15H,2-3,8-10H2,1H3,(H,16,17)/t13-/m0/s1. The van der Waals surface area contributed by atoms with E-state index >= 15 is 0 Å². The Morgan fingerprint density at radius 3 is 2.83 bits per heavy atom. The number of methoxy groups -OCH3 is 1. The number of benzene rings is 1. The predicted molar refractivity (Wildman–Crippen MR) is 70.7 cm³/mol.